The number of rotatable bonds is 2. The Morgan fingerprint density at radius 3 is 1.80 bits per heavy atom. The van der Waals surface area contributed by atoms with Crippen LogP contribution in [-0.4, -0.2) is 16.9 Å². The molecule has 0 radical (unpaired) electrons. The lowest BCUT2D eigenvalue weighted by atomic mass is 10.1. The van der Waals surface area contributed by atoms with E-state index in [1.54, 1.807) is 24.3 Å². The lowest BCUT2D eigenvalue weighted by Crippen LogP contribution is -2.48. The number of hydrogen-bond donors (Lipinski definition) is 3. The van der Waals surface area contributed by atoms with Crippen LogP contribution in [0, 0.1) is 13.8 Å². The first-order valence-electron chi connectivity index (χ1n) is 7.22. The molecular formula is C17H15Br2N3O2S. The highest BCUT2D eigenvalue weighted by Gasteiger charge is 2.11. The van der Waals surface area contributed by atoms with E-state index in [2.05, 4.69) is 48.0 Å². The van der Waals surface area contributed by atoms with Crippen LogP contribution in [0.25, 0.3) is 0 Å². The molecule has 2 amide bonds. The predicted octanol–water partition coefficient (Wildman–Crippen LogP) is 3.78. The fourth-order valence-electron chi connectivity index (χ4n) is 1.86. The summed E-state index contributed by atoms with van der Waals surface area (Å²) in [6.07, 6.45) is 0. The van der Waals surface area contributed by atoms with Crippen LogP contribution < -0.4 is 16.2 Å². The van der Waals surface area contributed by atoms with Gasteiger partial charge in [0.05, 0.1) is 0 Å². The minimum atomic E-state index is -0.370. The van der Waals surface area contributed by atoms with Crippen LogP contribution in [0.4, 0.5) is 0 Å². The summed E-state index contributed by atoms with van der Waals surface area (Å²) in [5.74, 6) is -0.735. The van der Waals surface area contributed by atoms with Gasteiger partial charge in [-0.2, -0.15) is 0 Å². The highest BCUT2D eigenvalue weighted by atomic mass is 79.9. The Balaban J connectivity index is 1.91. The van der Waals surface area contributed by atoms with Gasteiger partial charge in [-0.25, -0.2) is 0 Å². The van der Waals surface area contributed by atoms with Crippen LogP contribution in [0.5, 0.6) is 0 Å². The van der Waals surface area contributed by atoms with Crippen molar-refractivity contribution in [3.05, 3.63) is 67.6 Å². The van der Waals surface area contributed by atoms with Crippen molar-refractivity contribution in [3.63, 3.8) is 0 Å². The van der Waals surface area contributed by atoms with E-state index in [4.69, 9.17) is 12.2 Å². The molecule has 8 heteroatoms. The molecule has 2 rings (SSSR count). The molecule has 0 spiro atoms. The number of hydrogen-bond acceptors (Lipinski definition) is 3. The Kier molecular flexibility index (Phi) is 6.69. The van der Waals surface area contributed by atoms with Gasteiger partial charge in [-0.05, 0) is 61.5 Å². The number of benzene rings is 2. The van der Waals surface area contributed by atoms with Crippen molar-refractivity contribution in [3.8, 4) is 0 Å². The van der Waals surface area contributed by atoms with Crippen molar-refractivity contribution in [2.45, 2.75) is 13.8 Å². The van der Waals surface area contributed by atoms with Crippen LogP contribution in [0.1, 0.15) is 31.8 Å². The number of hydrazine groups is 1. The molecule has 0 fully saturated rings. The molecule has 0 atom stereocenters. The highest BCUT2D eigenvalue weighted by Crippen LogP contribution is 2.18. The third-order valence-electron chi connectivity index (χ3n) is 3.38. The summed E-state index contributed by atoms with van der Waals surface area (Å²) in [6.45, 7) is 3.86. The lowest BCUT2D eigenvalue weighted by Gasteiger charge is -2.11. The molecule has 5 nitrogen and oxygen atoms in total. The third kappa shape index (κ3) is 5.35. The summed E-state index contributed by atoms with van der Waals surface area (Å²) in [7, 11) is 0. The minimum Gasteiger partial charge on any atom is -0.298 e. The molecular weight excluding hydrogens is 470 g/mol. The molecule has 0 unspecified atom stereocenters. The normalized spacial score (nSPS) is 10.1. The molecule has 0 saturated carbocycles. The molecule has 2 aromatic carbocycles. The first-order chi connectivity index (χ1) is 11.8. The van der Waals surface area contributed by atoms with Crippen molar-refractivity contribution in [2.75, 3.05) is 0 Å². The van der Waals surface area contributed by atoms with Gasteiger partial charge in [0.25, 0.3) is 11.8 Å². The quantitative estimate of drug-likeness (QED) is 0.448. The van der Waals surface area contributed by atoms with E-state index in [-0.39, 0.29) is 16.9 Å². The first kappa shape index (κ1) is 19.6. The summed E-state index contributed by atoms with van der Waals surface area (Å²) in [5.41, 5.74) is 7.92. The Morgan fingerprint density at radius 2 is 1.32 bits per heavy atom. The maximum Gasteiger partial charge on any atom is 0.269 e. The van der Waals surface area contributed by atoms with Crippen molar-refractivity contribution in [1.82, 2.24) is 16.2 Å². The third-order valence-corrected chi connectivity index (χ3v) is 5.30. The molecule has 0 heterocycles. The zero-order valence-corrected chi connectivity index (χ0v) is 17.4. The second-order valence-corrected chi connectivity index (χ2v) is 7.41. The summed E-state index contributed by atoms with van der Waals surface area (Å²) in [4.78, 5) is 24.2. The minimum absolute atomic E-state index is 0.00113. The van der Waals surface area contributed by atoms with E-state index >= 15 is 0 Å². The van der Waals surface area contributed by atoms with Crippen molar-refractivity contribution >= 4 is 61.0 Å². The standard InChI is InChI=1S/C17H15Br2N3O2S/c1-9-3-5-11(7-13(9)18)15(23)20-17(25)22-21-16(24)12-6-4-10(2)14(19)8-12/h3-8H,1-2H3,(H,21,24)(H2,20,22,23,25). The molecule has 0 bridgehead atoms. The van der Waals surface area contributed by atoms with E-state index in [9.17, 15) is 9.59 Å². The summed E-state index contributed by atoms with van der Waals surface area (Å²) < 4.78 is 1.67. The molecule has 0 saturated heterocycles. The number of carbonyl (C=O) groups is 2. The summed E-state index contributed by atoms with van der Waals surface area (Å²) >= 11 is 11.8. The molecule has 0 aliphatic heterocycles. The zero-order chi connectivity index (χ0) is 18.6. The number of thiocarbonyl (C=S) groups is 1. The second kappa shape index (κ2) is 8.55. The van der Waals surface area contributed by atoms with Crippen LogP contribution in [-0.2, 0) is 0 Å². The molecule has 0 aromatic heterocycles. The van der Waals surface area contributed by atoms with Gasteiger partial charge in [0.1, 0.15) is 0 Å². The van der Waals surface area contributed by atoms with Crippen LogP contribution in [0.15, 0.2) is 45.3 Å². The zero-order valence-electron chi connectivity index (χ0n) is 13.4. The van der Waals surface area contributed by atoms with E-state index in [0.29, 0.717) is 11.1 Å². The number of amides is 2. The summed E-state index contributed by atoms with van der Waals surface area (Å²) in [5, 5.41) is 2.51. The SMILES string of the molecule is Cc1ccc(C(=O)NNC(=S)NC(=O)c2ccc(C)c(Br)c2)cc1Br. The number of halogens is 2. The Labute approximate surface area is 167 Å². The van der Waals surface area contributed by atoms with Crippen molar-refractivity contribution in [1.29, 1.82) is 0 Å². The Hall–Kier alpha value is -1.77. The summed E-state index contributed by atoms with van der Waals surface area (Å²) in [6, 6.07) is 10.5. The van der Waals surface area contributed by atoms with Gasteiger partial charge >= 0.3 is 0 Å². The number of aryl methyl sites for hydroxylation is 2. The van der Waals surface area contributed by atoms with E-state index in [1.165, 1.54) is 0 Å². The molecule has 0 aliphatic carbocycles. The average molecular weight is 485 g/mol. The maximum absolute atomic E-state index is 12.1. The number of carbonyl (C=O) groups excluding carboxylic acids is 2. The van der Waals surface area contributed by atoms with Gasteiger partial charge < -0.3 is 0 Å². The van der Waals surface area contributed by atoms with Gasteiger partial charge in [0.15, 0.2) is 5.11 Å². The fourth-order valence-corrected chi connectivity index (χ4v) is 2.76. The Bertz CT molecular complexity index is 856. The van der Waals surface area contributed by atoms with Gasteiger partial charge in [-0.1, -0.05) is 44.0 Å². The monoisotopic (exact) mass is 483 g/mol. The molecule has 0 aliphatic rings. The van der Waals surface area contributed by atoms with E-state index < -0.39 is 0 Å². The van der Waals surface area contributed by atoms with E-state index in [0.717, 1.165) is 20.1 Å². The van der Waals surface area contributed by atoms with Gasteiger partial charge in [0.2, 0.25) is 0 Å². The molecule has 25 heavy (non-hydrogen) atoms. The first-order valence-corrected chi connectivity index (χ1v) is 9.21. The van der Waals surface area contributed by atoms with Gasteiger partial charge in [-0.15, -0.1) is 0 Å². The highest BCUT2D eigenvalue weighted by molar-refractivity contribution is 9.10. The number of nitrogens with one attached hydrogen (secondary N) is 3. The molecule has 130 valence electrons. The largest absolute Gasteiger partial charge is 0.298 e. The predicted molar refractivity (Wildman–Crippen MR) is 108 cm³/mol. The Morgan fingerprint density at radius 1 is 0.840 bits per heavy atom. The topological polar surface area (TPSA) is 70.2 Å². The van der Waals surface area contributed by atoms with Crippen LogP contribution >= 0.6 is 44.1 Å². The van der Waals surface area contributed by atoms with Gasteiger partial charge in [0, 0.05) is 20.1 Å². The van der Waals surface area contributed by atoms with Crippen LogP contribution in [0.3, 0.4) is 0 Å². The lowest BCUT2D eigenvalue weighted by molar-refractivity contribution is 0.0934. The van der Waals surface area contributed by atoms with Crippen LogP contribution in [0.2, 0.25) is 0 Å². The second-order valence-electron chi connectivity index (χ2n) is 5.29. The molecule has 3 N–H and O–H groups in total. The van der Waals surface area contributed by atoms with E-state index in [1.807, 2.05) is 26.0 Å². The van der Waals surface area contributed by atoms with Crippen molar-refractivity contribution in [2.24, 2.45) is 0 Å². The van der Waals surface area contributed by atoms with Gasteiger partial charge in [-0.3, -0.25) is 25.8 Å². The molecule has 2 aromatic rings. The fraction of sp³-hybridized carbons (Fsp3) is 0.118. The smallest absolute Gasteiger partial charge is 0.269 e. The maximum atomic E-state index is 12.1. The van der Waals surface area contributed by atoms with Crippen molar-refractivity contribution < 1.29 is 9.59 Å². The average Bonchev–Trinajstić information content (AvgIpc) is 2.57.